The first kappa shape index (κ1) is 15.5. The monoisotopic (exact) mass is 380 g/mol. The standard InChI is InChI=1S/C9H8BrCl3O3S/c1-17(15,16)9(10,13)8(14)6-3-2-5(11)4-7(6)12/h2-4,8,14H,1H3. The molecular formula is C9H8BrCl3O3S. The fraction of sp³-hybridized carbons (Fsp3) is 0.333. The van der Waals surface area contributed by atoms with E-state index in [1.54, 1.807) is 0 Å². The normalized spacial score (nSPS) is 17.5. The highest BCUT2D eigenvalue weighted by Crippen LogP contribution is 2.44. The van der Waals surface area contributed by atoms with Gasteiger partial charge >= 0.3 is 0 Å². The molecule has 1 rings (SSSR count). The highest BCUT2D eigenvalue weighted by molar-refractivity contribution is 9.12. The van der Waals surface area contributed by atoms with Crippen molar-refractivity contribution in [2.75, 3.05) is 6.26 Å². The number of hydrogen-bond donors (Lipinski definition) is 1. The van der Waals surface area contributed by atoms with Gasteiger partial charge in [-0.2, -0.15) is 0 Å². The third-order valence-electron chi connectivity index (χ3n) is 2.07. The molecule has 3 nitrogen and oxygen atoms in total. The Morgan fingerprint density at radius 3 is 2.35 bits per heavy atom. The molecule has 0 aliphatic heterocycles. The second-order valence-corrected chi connectivity index (χ2v) is 9.49. The van der Waals surface area contributed by atoms with Gasteiger partial charge in [-0.25, -0.2) is 8.42 Å². The minimum absolute atomic E-state index is 0.137. The van der Waals surface area contributed by atoms with Gasteiger partial charge in [-0.1, -0.05) is 40.9 Å². The second-order valence-electron chi connectivity index (χ2n) is 3.40. The Labute approximate surface area is 123 Å². The Morgan fingerprint density at radius 1 is 1.41 bits per heavy atom. The largest absolute Gasteiger partial charge is 0.384 e. The van der Waals surface area contributed by atoms with Crippen LogP contribution in [-0.4, -0.2) is 22.9 Å². The van der Waals surface area contributed by atoms with Crippen molar-refractivity contribution in [3.05, 3.63) is 33.8 Å². The number of sulfone groups is 1. The number of alkyl halides is 2. The van der Waals surface area contributed by atoms with E-state index >= 15 is 0 Å². The van der Waals surface area contributed by atoms with Crippen LogP contribution in [0.3, 0.4) is 0 Å². The van der Waals surface area contributed by atoms with Gasteiger partial charge in [0.15, 0.2) is 9.84 Å². The molecule has 0 aromatic heterocycles. The molecule has 8 heteroatoms. The lowest BCUT2D eigenvalue weighted by Gasteiger charge is -2.25. The lowest BCUT2D eigenvalue weighted by atomic mass is 10.1. The predicted molar refractivity (Wildman–Crippen MR) is 73.8 cm³/mol. The summed E-state index contributed by atoms with van der Waals surface area (Å²) in [6.45, 7) is 0. The van der Waals surface area contributed by atoms with Crippen molar-refractivity contribution < 1.29 is 13.5 Å². The number of aliphatic hydroxyl groups excluding tert-OH is 1. The van der Waals surface area contributed by atoms with Crippen LogP contribution in [0.5, 0.6) is 0 Å². The summed E-state index contributed by atoms with van der Waals surface area (Å²) in [7, 11) is -3.74. The van der Waals surface area contributed by atoms with Gasteiger partial charge in [0.05, 0.1) is 0 Å². The topological polar surface area (TPSA) is 54.4 Å². The maximum absolute atomic E-state index is 11.4. The van der Waals surface area contributed by atoms with Crippen molar-refractivity contribution >= 4 is 60.6 Å². The van der Waals surface area contributed by atoms with Crippen LogP contribution in [0.4, 0.5) is 0 Å². The number of aliphatic hydroxyl groups is 1. The maximum Gasteiger partial charge on any atom is 0.228 e. The predicted octanol–water partition coefficient (Wildman–Crippen LogP) is 3.36. The molecule has 1 aromatic carbocycles. The van der Waals surface area contributed by atoms with Crippen molar-refractivity contribution in [3.63, 3.8) is 0 Å². The minimum Gasteiger partial charge on any atom is -0.384 e. The molecule has 0 fully saturated rings. The van der Waals surface area contributed by atoms with Crippen LogP contribution in [0, 0.1) is 0 Å². The van der Waals surface area contributed by atoms with Crippen molar-refractivity contribution in [1.29, 1.82) is 0 Å². The number of benzene rings is 1. The summed E-state index contributed by atoms with van der Waals surface area (Å²) in [5.74, 6) is 0. The Hall–Kier alpha value is 0.480. The molecule has 0 saturated heterocycles. The first-order valence-electron chi connectivity index (χ1n) is 4.28. The first-order chi connectivity index (χ1) is 7.57. The molecule has 0 spiro atoms. The summed E-state index contributed by atoms with van der Waals surface area (Å²) < 4.78 is 20.8. The van der Waals surface area contributed by atoms with E-state index in [0.29, 0.717) is 5.02 Å². The summed E-state index contributed by atoms with van der Waals surface area (Å²) in [5.41, 5.74) is 0.174. The molecule has 96 valence electrons. The molecule has 1 aromatic rings. The molecule has 0 saturated carbocycles. The van der Waals surface area contributed by atoms with E-state index in [1.165, 1.54) is 18.2 Å². The lowest BCUT2D eigenvalue weighted by Crippen LogP contribution is -2.32. The van der Waals surface area contributed by atoms with Crippen LogP contribution in [0.25, 0.3) is 0 Å². The third kappa shape index (κ3) is 3.28. The SMILES string of the molecule is CS(=O)(=O)C(Cl)(Br)C(O)c1ccc(Cl)cc1Cl. The van der Waals surface area contributed by atoms with E-state index in [2.05, 4.69) is 15.9 Å². The van der Waals surface area contributed by atoms with Gasteiger partial charge in [-0.3, -0.25) is 0 Å². The molecule has 0 aliphatic rings. The summed E-state index contributed by atoms with van der Waals surface area (Å²) in [6.07, 6.45) is -0.620. The van der Waals surface area contributed by atoms with Gasteiger partial charge in [0, 0.05) is 21.9 Å². The minimum atomic E-state index is -3.74. The summed E-state index contributed by atoms with van der Waals surface area (Å²) in [4.78, 5) is 0. The van der Waals surface area contributed by atoms with Crippen LogP contribution in [0.2, 0.25) is 10.0 Å². The number of halogens is 4. The zero-order chi connectivity index (χ0) is 13.4. The van der Waals surface area contributed by atoms with E-state index in [9.17, 15) is 13.5 Å². The molecule has 2 atom stereocenters. The van der Waals surface area contributed by atoms with Gasteiger partial charge in [0.2, 0.25) is 3.12 Å². The molecule has 0 radical (unpaired) electrons. The fourth-order valence-corrected chi connectivity index (χ4v) is 2.52. The van der Waals surface area contributed by atoms with Gasteiger partial charge in [-0.15, -0.1) is 0 Å². The van der Waals surface area contributed by atoms with Crippen LogP contribution in [0.15, 0.2) is 18.2 Å². The zero-order valence-corrected chi connectivity index (χ0v) is 13.2. The van der Waals surface area contributed by atoms with E-state index in [0.717, 1.165) is 6.26 Å². The fourth-order valence-electron chi connectivity index (χ4n) is 1.11. The van der Waals surface area contributed by atoms with Gasteiger partial charge in [0.25, 0.3) is 0 Å². The van der Waals surface area contributed by atoms with Crippen LogP contribution < -0.4 is 0 Å². The van der Waals surface area contributed by atoms with Crippen LogP contribution in [-0.2, 0) is 9.84 Å². The number of hydrogen-bond acceptors (Lipinski definition) is 3. The van der Waals surface area contributed by atoms with Gasteiger partial charge < -0.3 is 5.11 Å². The highest BCUT2D eigenvalue weighted by Gasteiger charge is 2.44. The van der Waals surface area contributed by atoms with Crippen LogP contribution >= 0.6 is 50.7 Å². The highest BCUT2D eigenvalue weighted by atomic mass is 79.9. The molecule has 2 unspecified atom stereocenters. The van der Waals surface area contributed by atoms with E-state index in [-0.39, 0.29) is 10.6 Å². The number of rotatable bonds is 3. The summed E-state index contributed by atoms with van der Waals surface area (Å²) >= 11 is 20.1. The van der Waals surface area contributed by atoms with Crippen molar-refractivity contribution in [1.82, 2.24) is 0 Å². The Kier molecular flexibility index (Phi) is 4.78. The molecule has 1 N–H and O–H groups in total. The van der Waals surface area contributed by atoms with Crippen molar-refractivity contribution in [3.8, 4) is 0 Å². The lowest BCUT2D eigenvalue weighted by molar-refractivity contribution is 0.185. The molecule has 0 bridgehead atoms. The van der Waals surface area contributed by atoms with Gasteiger partial charge in [0.1, 0.15) is 6.10 Å². The van der Waals surface area contributed by atoms with Crippen LogP contribution in [0.1, 0.15) is 11.7 Å². The van der Waals surface area contributed by atoms with Crippen molar-refractivity contribution in [2.45, 2.75) is 9.22 Å². The summed E-state index contributed by atoms with van der Waals surface area (Å²) in [5, 5.41) is 10.5. The summed E-state index contributed by atoms with van der Waals surface area (Å²) in [6, 6.07) is 4.29. The second kappa shape index (κ2) is 5.23. The Bertz CT molecular complexity index is 530. The molecule has 17 heavy (non-hydrogen) atoms. The third-order valence-corrected chi connectivity index (χ3v) is 7.09. The molecule has 0 amide bonds. The first-order valence-corrected chi connectivity index (χ1v) is 8.09. The average Bonchev–Trinajstić information content (AvgIpc) is 2.14. The van der Waals surface area contributed by atoms with E-state index in [4.69, 9.17) is 34.8 Å². The molecule has 0 heterocycles. The average molecular weight is 382 g/mol. The van der Waals surface area contributed by atoms with Crippen molar-refractivity contribution in [2.24, 2.45) is 0 Å². The maximum atomic E-state index is 11.4. The van der Waals surface area contributed by atoms with E-state index in [1.807, 2.05) is 0 Å². The van der Waals surface area contributed by atoms with Gasteiger partial charge in [-0.05, 0) is 28.1 Å². The zero-order valence-electron chi connectivity index (χ0n) is 8.49. The smallest absolute Gasteiger partial charge is 0.228 e. The molecular weight excluding hydrogens is 374 g/mol. The quantitative estimate of drug-likeness (QED) is 0.816. The molecule has 0 aliphatic carbocycles. The Balaban J connectivity index is 3.26. The Morgan fingerprint density at radius 2 is 1.94 bits per heavy atom. The van der Waals surface area contributed by atoms with E-state index < -0.39 is 19.1 Å².